The van der Waals surface area contributed by atoms with E-state index < -0.39 is 0 Å². The molecule has 1 aliphatic rings. The van der Waals surface area contributed by atoms with Crippen molar-refractivity contribution in [2.45, 2.75) is 45.1 Å². The number of aromatic amines is 1. The molecule has 1 fully saturated rings. The molecule has 0 atom stereocenters. The molecule has 2 aromatic heterocycles. The lowest BCUT2D eigenvalue weighted by Crippen LogP contribution is -2.18. The summed E-state index contributed by atoms with van der Waals surface area (Å²) in [5.74, 6) is 1.07. The van der Waals surface area contributed by atoms with Crippen molar-refractivity contribution in [1.29, 1.82) is 0 Å². The minimum Gasteiger partial charge on any atom is -0.304 e. The summed E-state index contributed by atoms with van der Waals surface area (Å²) in [5, 5.41) is 4.24. The van der Waals surface area contributed by atoms with Crippen molar-refractivity contribution in [3.05, 3.63) is 31.9 Å². The highest BCUT2D eigenvalue weighted by Gasteiger charge is 2.23. The first-order valence-electron chi connectivity index (χ1n) is 7.02. The molecule has 6 heteroatoms. The van der Waals surface area contributed by atoms with Gasteiger partial charge in [-0.1, -0.05) is 12.8 Å². The summed E-state index contributed by atoms with van der Waals surface area (Å²) in [5.41, 5.74) is 1.80. The highest BCUT2D eigenvalue weighted by atomic mass is 127. The summed E-state index contributed by atoms with van der Waals surface area (Å²) in [7, 11) is 0. The Hall–Kier alpha value is -1.18. The SMILES string of the molecule is CCn1nccc1-c1nc(C2CCCC2)c(I)c(=O)[nH]1. The van der Waals surface area contributed by atoms with Crippen LogP contribution in [0.25, 0.3) is 11.5 Å². The first-order valence-corrected chi connectivity index (χ1v) is 8.10. The lowest BCUT2D eigenvalue weighted by atomic mass is 10.0. The molecule has 0 spiro atoms. The summed E-state index contributed by atoms with van der Waals surface area (Å²) < 4.78 is 2.59. The van der Waals surface area contributed by atoms with Gasteiger partial charge in [-0.25, -0.2) is 4.98 Å². The van der Waals surface area contributed by atoms with Crippen molar-refractivity contribution in [3.8, 4) is 11.5 Å². The van der Waals surface area contributed by atoms with Crippen LogP contribution in [0, 0.1) is 3.57 Å². The fourth-order valence-electron chi connectivity index (χ4n) is 2.85. The molecule has 0 radical (unpaired) electrons. The maximum absolute atomic E-state index is 12.2. The Kier molecular flexibility index (Phi) is 3.91. The van der Waals surface area contributed by atoms with E-state index in [4.69, 9.17) is 4.98 Å². The van der Waals surface area contributed by atoms with E-state index >= 15 is 0 Å². The van der Waals surface area contributed by atoms with Crippen LogP contribution in [0.5, 0.6) is 0 Å². The molecule has 2 heterocycles. The molecule has 0 unspecified atom stereocenters. The molecule has 0 saturated heterocycles. The first kappa shape index (κ1) is 13.8. The monoisotopic (exact) mass is 384 g/mol. The number of halogens is 1. The van der Waals surface area contributed by atoms with Crippen molar-refractivity contribution >= 4 is 22.6 Å². The van der Waals surface area contributed by atoms with Gasteiger partial charge in [0, 0.05) is 18.7 Å². The van der Waals surface area contributed by atoms with Gasteiger partial charge in [0.25, 0.3) is 5.56 Å². The molecule has 0 aliphatic heterocycles. The largest absolute Gasteiger partial charge is 0.304 e. The minimum atomic E-state index is -0.0404. The summed E-state index contributed by atoms with van der Waals surface area (Å²) in [4.78, 5) is 19.8. The normalized spacial score (nSPS) is 15.9. The van der Waals surface area contributed by atoms with Gasteiger partial charge in [-0.2, -0.15) is 5.10 Å². The van der Waals surface area contributed by atoms with Crippen molar-refractivity contribution < 1.29 is 0 Å². The zero-order valence-corrected chi connectivity index (χ0v) is 13.6. The quantitative estimate of drug-likeness (QED) is 0.828. The molecular formula is C14H17IN4O. The first-order chi connectivity index (χ1) is 9.70. The number of hydrogen-bond donors (Lipinski definition) is 1. The van der Waals surface area contributed by atoms with E-state index in [0.29, 0.717) is 11.7 Å². The van der Waals surface area contributed by atoms with E-state index in [1.165, 1.54) is 12.8 Å². The molecule has 0 bridgehead atoms. The van der Waals surface area contributed by atoms with Gasteiger partial charge in [-0.15, -0.1) is 0 Å². The lowest BCUT2D eigenvalue weighted by molar-refractivity contribution is 0.657. The van der Waals surface area contributed by atoms with Gasteiger partial charge in [-0.3, -0.25) is 9.48 Å². The predicted molar refractivity (Wildman–Crippen MR) is 85.7 cm³/mol. The van der Waals surface area contributed by atoms with Gasteiger partial charge in [0.1, 0.15) is 9.26 Å². The van der Waals surface area contributed by atoms with Crippen LogP contribution in [0.1, 0.15) is 44.2 Å². The number of H-pyrrole nitrogens is 1. The van der Waals surface area contributed by atoms with Gasteiger partial charge in [-0.05, 0) is 48.4 Å². The molecule has 0 amide bonds. The van der Waals surface area contributed by atoms with Gasteiger partial charge in [0.15, 0.2) is 5.82 Å². The van der Waals surface area contributed by atoms with Crippen LogP contribution in [0.3, 0.4) is 0 Å². The van der Waals surface area contributed by atoms with Gasteiger partial charge >= 0.3 is 0 Å². The van der Waals surface area contributed by atoms with Crippen molar-refractivity contribution in [2.24, 2.45) is 0 Å². The summed E-state index contributed by atoms with van der Waals surface area (Å²) in [6.07, 6.45) is 6.48. The summed E-state index contributed by atoms with van der Waals surface area (Å²) in [6.45, 7) is 2.79. The Morgan fingerprint density at radius 3 is 2.90 bits per heavy atom. The highest BCUT2D eigenvalue weighted by Crippen LogP contribution is 2.34. The smallest absolute Gasteiger partial charge is 0.264 e. The molecule has 106 valence electrons. The van der Waals surface area contributed by atoms with Crippen LogP contribution in [0.2, 0.25) is 0 Å². The van der Waals surface area contributed by atoms with Crippen molar-refractivity contribution in [2.75, 3.05) is 0 Å². The summed E-state index contributed by atoms with van der Waals surface area (Å²) in [6, 6.07) is 1.90. The molecular weight excluding hydrogens is 367 g/mol. The van der Waals surface area contributed by atoms with E-state index in [1.54, 1.807) is 6.20 Å². The zero-order chi connectivity index (χ0) is 14.1. The van der Waals surface area contributed by atoms with Crippen LogP contribution in [-0.2, 0) is 6.54 Å². The molecule has 1 aliphatic carbocycles. The number of hydrogen-bond acceptors (Lipinski definition) is 3. The zero-order valence-electron chi connectivity index (χ0n) is 11.4. The predicted octanol–water partition coefficient (Wildman–Crippen LogP) is 2.92. The molecule has 20 heavy (non-hydrogen) atoms. The number of aryl methyl sites for hydroxylation is 1. The fourth-order valence-corrected chi connectivity index (χ4v) is 3.55. The number of aromatic nitrogens is 4. The van der Waals surface area contributed by atoms with Gasteiger partial charge in [0.2, 0.25) is 0 Å². The molecule has 0 aromatic carbocycles. The number of nitrogens with one attached hydrogen (secondary N) is 1. The molecule has 1 N–H and O–H groups in total. The Labute approximate surface area is 131 Å². The van der Waals surface area contributed by atoms with E-state index in [-0.39, 0.29) is 5.56 Å². The third kappa shape index (κ3) is 2.41. The van der Waals surface area contributed by atoms with E-state index in [9.17, 15) is 4.79 Å². The van der Waals surface area contributed by atoms with Crippen LogP contribution >= 0.6 is 22.6 Å². The van der Waals surface area contributed by atoms with E-state index in [0.717, 1.165) is 34.3 Å². The molecule has 5 nitrogen and oxygen atoms in total. The van der Waals surface area contributed by atoms with Crippen LogP contribution < -0.4 is 5.56 Å². The van der Waals surface area contributed by atoms with E-state index in [1.807, 2.05) is 17.7 Å². The average Bonchev–Trinajstić information content (AvgIpc) is 3.11. The maximum Gasteiger partial charge on any atom is 0.264 e. The Morgan fingerprint density at radius 1 is 1.45 bits per heavy atom. The minimum absolute atomic E-state index is 0.0404. The highest BCUT2D eigenvalue weighted by molar-refractivity contribution is 14.1. The van der Waals surface area contributed by atoms with Crippen LogP contribution in [0.4, 0.5) is 0 Å². The van der Waals surface area contributed by atoms with Crippen LogP contribution in [-0.4, -0.2) is 19.7 Å². The number of nitrogens with zero attached hydrogens (tertiary/aromatic N) is 3. The third-order valence-corrected chi connectivity index (χ3v) is 4.93. The van der Waals surface area contributed by atoms with Crippen LogP contribution in [0.15, 0.2) is 17.1 Å². The van der Waals surface area contributed by atoms with Crippen molar-refractivity contribution in [1.82, 2.24) is 19.7 Å². The second kappa shape index (κ2) is 5.67. The lowest BCUT2D eigenvalue weighted by Gasteiger charge is -2.12. The van der Waals surface area contributed by atoms with Crippen molar-refractivity contribution in [3.63, 3.8) is 0 Å². The summed E-state index contributed by atoms with van der Waals surface area (Å²) >= 11 is 2.12. The number of rotatable bonds is 3. The van der Waals surface area contributed by atoms with E-state index in [2.05, 4.69) is 32.7 Å². The van der Waals surface area contributed by atoms with Gasteiger partial charge in [0.05, 0.1) is 5.69 Å². The molecule has 2 aromatic rings. The Morgan fingerprint density at radius 2 is 2.20 bits per heavy atom. The second-order valence-electron chi connectivity index (χ2n) is 5.13. The Bertz CT molecular complexity index is 670. The third-order valence-electron chi connectivity index (χ3n) is 3.89. The topological polar surface area (TPSA) is 63.6 Å². The second-order valence-corrected chi connectivity index (χ2v) is 6.21. The maximum atomic E-state index is 12.2. The molecule has 3 rings (SSSR count). The molecule has 1 saturated carbocycles. The fraction of sp³-hybridized carbons (Fsp3) is 0.500. The Balaban J connectivity index is 2.11. The van der Waals surface area contributed by atoms with Gasteiger partial charge < -0.3 is 4.98 Å². The standard InChI is InChI=1S/C14H17IN4O/c1-2-19-10(7-8-16-19)13-17-12(9-5-3-4-6-9)11(15)14(20)18-13/h7-9H,2-6H2,1H3,(H,17,18,20). The average molecular weight is 384 g/mol.